The van der Waals surface area contributed by atoms with E-state index in [-0.39, 0.29) is 0 Å². The Bertz CT molecular complexity index is 3190. The van der Waals surface area contributed by atoms with E-state index in [0.29, 0.717) is 0 Å². The number of fused-ring (bicyclic) bond motifs is 9. The van der Waals surface area contributed by atoms with Gasteiger partial charge in [0.05, 0.1) is 22.1 Å². The van der Waals surface area contributed by atoms with Crippen LogP contribution in [0.25, 0.3) is 97.4 Å². The fourth-order valence-corrected chi connectivity index (χ4v) is 9.58. The first-order valence-electron chi connectivity index (χ1n) is 17.8. The zero-order chi connectivity index (χ0) is 34.3. The smallest absolute Gasteiger partial charge is 0.0541 e. The predicted octanol–water partition coefficient (Wildman–Crippen LogP) is 13.9. The summed E-state index contributed by atoms with van der Waals surface area (Å²) >= 11 is 1.88. The van der Waals surface area contributed by atoms with E-state index >= 15 is 0 Å². The van der Waals surface area contributed by atoms with Crippen molar-refractivity contribution < 1.29 is 0 Å². The summed E-state index contributed by atoms with van der Waals surface area (Å²) < 4.78 is 7.49. The number of rotatable bonds is 4. The molecule has 0 fully saturated rings. The molecule has 0 aliphatic heterocycles. The molecule has 0 aliphatic rings. The summed E-state index contributed by atoms with van der Waals surface area (Å²) in [7, 11) is 0. The molecule has 0 N–H and O–H groups in total. The Kier molecular flexibility index (Phi) is 6.37. The molecule has 0 aliphatic carbocycles. The summed E-state index contributed by atoms with van der Waals surface area (Å²) in [6.45, 7) is 2.14. The number of nitrogens with zero attached hydrogens (tertiary/aromatic N) is 2. The number of aromatic nitrogens is 2. The molecular formula is C49H32N2S. The molecule has 11 aromatic rings. The lowest BCUT2D eigenvalue weighted by Crippen LogP contribution is -1.94. The highest BCUT2D eigenvalue weighted by atomic mass is 32.1. The van der Waals surface area contributed by atoms with E-state index in [2.05, 4.69) is 192 Å². The van der Waals surface area contributed by atoms with Gasteiger partial charge in [-0.25, -0.2) is 0 Å². The average Bonchev–Trinajstić information content (AvgIpc) is 3.86. The van der Waals surface area contributed by atoms with Crippen LogP contribution in [-0.4, -0.2) is 9.13 Å². The van der Waals surface area contributed by atoms with E-state index < -0.39 is 0 Å². The van der Waals surface area contributed by atoms with Crippen LogP contribution in [0, 0.1) is 6.92 Å². The first kappa shape index (κ1) is 29.3. The van der Waals surface area contributed by atoms with Gasteiger partial charge in [-0.05, 0) is 95.9 Å². The summed E-state index contributed by atoms with van der Waals surface area (Å²) in [6, 6.07) is 64.9. The van der Waals surface area contributed by atoms with Crippen molar-refractivity contribution in [1.29, 1.82) is 0 Å². The van der Waals surface area contributed by atoms with Crippen LogP contribution in [0.5, 0.6) is 0 Å². The summed E-state index contributed by atoms with van der Waals surface area (Å²) in [4.78, 5) is 0. The van der Waals surface area contributed by atoms with Gasteiger partial charge in [0.25, 0.3) is 0 Å². The first-order chi connectivity index (χ1) is 25.7. The summed E-state index contributed by atoms with van der Waals surface area (Å²) in [6.07, 6.45) is 0. The van der Waals surface area contributed by atoms with Gasteiger partial charge in [0, 0.05) is 53.1 Å². The van der Waals surface area contributed by atoms with Crippen LogP contribution in [0.4, 0.5) is 0 Å². The number of hydrogen-bond acceptors (Lipinski definition) is 1. The molecular weight excluding hydrogens is 649 g/mol. The standard InChI is InChI=1S/C49H32N2S/c1-31-20-24-35(25-21-31)50-44-17-5-2-12-38(44)42-29-32(22-26-46(42)50)33-23-27-47-43(30-33)39-13-3-6-18-45(39)51(47)36-11-8-10-34(28-36)37-15-9-16-41-40-14-4-7-19-48(40)52-49(37)41/h2-30H,1H3. The number of para-hydroxylation sites is 2. The number of thiophene rings is 1. The Morgan fingerprint density at radius 2 is 0.923 bits per heavy atom. The van der Waals surface area contributed by atoms with Gasteiger partial charge in [0.15, 0.2) is 0 Å². The minimum Gasteiger partial charge on any atom is -0.309 e. The second-order valence-corrected chi connectivity index (χ2v) is 14.9. The Morgan fingerprint density at radius 1 is 0.365 bits per heavy atom. The van der Waals surface area contributed by atoms with Crippen LogP contribution in [0.2, 0.25) is 0 Å². The predicted molar refractivity (Wildman–Crippen MR) is 224 cm³/mol. The molecule has 2 nitrogen and oxygen atoms in total. The van der Waals surface area contributed by atoms with E-state index in [1.165, 1.54) is 103 Å². The lowest BCUT2D eigenvalue weighted by molar-refractivity contribution is 1.17. The van der Waals surface area contributed by atoms with Gasteiger partial charge >= 0.3 is 0 Å². The third-order valence-corrected chi connectivity index (χ3v) is 12.0. The second kappa shape index (κ2) is 11.3. The van der Waals surface area contributed by atoms with Crippen LogP contribution < -0.4 is 0 Å². The first-order valence-corrected chi connectivity index (χ1v) is 18.7. The van der Waals surface area contributed by atoms with Gasteiger partial charge in [-0.15, -0.1) is 11.3 Å². The molecule has 244 valence electrons. The van der Waals surface area contributed by atoms with E-state index in [1.807, 2.05) is 11.3 Å². The average molecular weight is 681 g/mol. The van der Waals surface area contributed by atoms with Gasteiger partial charge in [0.2, 0.25) is 0 Å². The highest BCUT2D eigenvalue weighted by molar-refractivity contribution is 7.26. The number of hydrogen-bond donors (Lipinski definition) is 0. The van der Waals surface area contributed by atoms with E-state index in [0.717, 1.165) is 0 Å². The van der Waals surface area contributed by atoms with Gasteiger partial charge in [-0.3, -0.25) is 0 Å². The molecule has 3 heteroatoms. The fraction of sp³-hybridized carbons (Fsp3) is 0.0204. The molecule has 0 amide bonds. The molecule has 3 aromatic heterocycles. The third kappa shape index (κ3) is 4.36. The monoisotopic (exact) mass is 680 g/mol. The van der Waals surface area contributed by atoms with Gasteiger partial charge in [-0.2, -0.15) is 0 Å². The zero-order valence-electron chi connectivity index (χ0n) is 28.5. The van der Waals surface area contributed by atoms with Crippen LogP contribution in [0.15, 0.2) is 176 Å². The zero-order valence-corrected chi connectivity index (χ0v) is 29.4. The van der Waals surface area contributed by atoms with Gasteiger partial charge in [0.1, 0.15) is 0 Å². The third-order valence-electron chi connectivity index (χ3n) is 10.8. The van der Waals surface area contributed by atoms with Crippen molar-refractivity contribution in [3.63, 3.8) is 0 Å². The van der Waals surface area contributed by atoms with Gasteiger partial charge in [-0.1, -0.05) is 115 Å². The Balaban J connectivity index is 1.07. The maximum absolute atomic E-state index is 2.43. The Hall–Kier alpha value is -6.42. The minimum atomic E-state index is 1.17. The van der Waals surface area contributed by atoms with Crippen molar-refractivity contribution >= 4 is 75.1 Å². The van der Waals surface area contributed by atoms with Crippen molar-refractivity contribution in [2.75, 3.05) is 0 Å². The van der Waals surface area contributed by atoms with Crippen LogP contribution in [0.1, 0.15) is 5.56 Å². The van der Waals surface area contributed by atoms with E-state index in [4.69, 9.17) is 0 Å². The highest BCUT2D eigenvalue weighted by Gasteiger charge is 2.17. The van der Waals surface area contributed by atoms with E-state index in [1.54, 1.807) is 0 Å². The highest BCUT2D eigenvalue weighted by Crippen LogP contribution is 2.42. The molecule has 0 spiro atoms. The SMILES string of the molecule is Cc1ccc(-n2c3ccccc3c3cc(-c4ccc5c(c4)c4ccccc4n5-c4cccc(-c5cccc6c5sc5ccccc56)c4)ccc32)cc1. The molecule has 3 heterocycles. The Morgan fingerprint density at radius 3 is 1.62 bits per heavy atom. The second-order valence-electron chi connectivity index (χ2n) is 13.8. The number of aryl methyl sites for hydroxylation is 1. The van der Waals surface area contributed by atoms with Crippen molar-refractivity contribution in [1.82, 2.24) is 9.13 Å². The fourth-order valence-electron chi connectivity index (χ4n) is 8.34. The summed E-state index contributed by atoms with van der Waals surface area (Å²) in [5.41, 5.74) is 13.4. The summed E-state index contributed by atoms with van der Waals surface area (Å²) in [5.74, 6) is 0. The Labute approximate surface area is 305 Å². The quantitative estimate of drug-likeness (QED) is 0.175. The van der Waals surface area contributed by atoms with Crippen molar-refractivity contribution in [3.05, 3.63) is 181 Å². The molecule has 52 heavy (non-hydrogen) atoms. The molecule has 0 unspecified atom stereocenters. The topological polar surface area (TPSA) is 9.86 Å². The maximum atomic E-state index is 2.43. The summed E-state index contributed by atoms with van der Waals surface area (Å²) in [5, 5.41) is 7.70. The van der Waals surface area contributed by atoms with E-state index in [9.17, 15) is 0 Å². The lowest BCUT2D eigenvalue weighted by atomic mass is 10.0. The van der Waals surface area contributed by atoms with Crippen LogP contribution in [0.3, 0.4) is 0 Å². The van der Waals surface area contributed by atoms with Crippen molar-refractivity contribution in [2.45, 2.75) is 6.92 Å². The molecule has 8 aromatic carbocycles. The van der Waals surface area contributed by atoms with Crippen LogP contribution >= 0.6 is 11.3 Å². The van der Waals surface area contributed by atoms with Crippen molar-refractivity contribution in [2.24, 2.45) is 0 Å². The normalized spacial score (nSPS) is 11.9. The molecule has 0 bridgehead atoms. The molecule has 11 rings (SSSR count). The minimum absolute atomic E-state index is 1.17. The molecule has 0 saturated carbocycles. The lowest BCUT2D eigenvalue weighted by Gasteiger charge is -2.11. The van der Waals surface area contributed by atoms with Crippen LogP contribution in [-0.2, 0) is 0 Å². The maximum Gasteiger partial charge on any atom is 0.0541 e. The van der Waals surface area contributed by atoms with Crippen molar-refractivity contribution in [3.8, 4) is 33.6 Å². The largest absolute Gasteiger partial charge is 0.309 e. The molecule has 0 saturated heterocycles. The number of benzene rings is 8. The molecule has 0 atom stereocenters. The van der Waals surface area contributed by atoms with Gasteiger partial charge < -0.3 is 9.13 Å². The molecule has 0 radical (unpaired) electrons.